The van der Waals surface area contributed by atoms with Gasteiger partial charge >= 0.3 is 0 Å². The number of carbonyl (C=O) groups is 1. The lowest BCUT2D eigenvalue weighted by atomic mass is 9.97. The zero-order valence-corrected chi connectivity index (χ0v) is 15.4. The maximum Gasteiger partial charge on any atom is 0.271 e. The molecule has 26 heavy (non-hydrogen) atoms. The lowest BCUT2D eigenvalue weighted by molar-refractivity contribution is 0.0945. The molecule has 0 fully saturated rings. The number of anilines is 1. The van der Waals surface area contributed by atoms with E-state index in [1.165, 1.54) is 37.5 Å². The van der Waals surface area contributed by atoms with Crippen LogP contribution in [0, 0.1) is 0 Å². The third-order valence-electron chi connectivity index (χ3n) is 4.39. The first kappa shape index (κ1) is 18.4. The van der Waals surface area contributed by atoms with E-state index >= 15 is 0 Å². The Morgan fingerprint density at radius 1 is 1.12 bits per heavy atom. The lowest BCUT2D eigenvalue weighted by Crippen LogP contribution is -2.24. The molecule has 0 aliphatic heterocycles. The quantitative estimate of drug-likeness (QED) is 0.710. The fourth-order valence-electron chi connectivity index (χ4n) is 2.89. The average Bonchev–Trinajstić information content (AvgIpc) is 2.69. The van der Waals surface area contributed by atoms with E-state index in [-0.39, 0.29) is 5.91 Å². The van der Waals surface area contributed by atoms with Crippen molar-refractivity contribution < 1.29 is 4.79 Å². The number of aromatic nitrogens is 2. The summed E-state index contributed by atoms with van der Waals surface area (Å²) in [4.78, 5) is 20.6. The molecule has 0 spiro atoms. The van der Waals surface area contributed by atoms with Gasteiger partial charge in [-0.1, -0.05) is 35.4 Å². The van der Waals surface area contributed by atoms with Crippen LogP contribution < -0.4 is 10.6 Å². The van der Waals surface area contributed by atoms with Gasteiger partial charge in [0.15, 0.2) is 0 Å². The first-order chi connectivity index (χ1) is 12.7. The van der Waals surface area contributed by atoms with Crippen molar-refractivity contribution in [3.05, 3.63) is 64.6 Å². The number of amides is 1. The maximum absolute atomic E-state index is 12.1. The second kappa shape index (κ2) is 9.34. The predicted octanol–water partition coefficient (Wildman–Crippen LogP) is 4.36. The van der Waals surface area contributed by atoms with E-state index in [2.05, 4.69) is 26.7 Å². The zero-order chi connectivity index (χ0) is 18.2. The molecule has 0 radical (unpaired) electrons. The van der Waals surface area contributed by atoms with Crippen LogP contribution in [0.4, 0.5) is 5.82 Å². The van der Waals surface area contributed by atoms with Crippen LogP contribution in [-0.2, 0) is 6.54 Å². The molecule has 1 aliphatic rings. The number of hydrogen-bond acceptors (Lipinski definition) is 4. The van der Waals surface area contributed by atoms with Crippen molar-refractivity contribution in [2.75, 3.05) is 11.9 Å². The monoisotopic (exact) mass is 370 g/mol. The van der Waals surface area contributed by atoms with E-state index in [1.54, 1.807) is 18.3 Å². The summed E-state index contributed by atoms with van der Waals surface area (Å²) in [5, 5.41) is 6.77. The van der Waals surface area contributed by atoms with Crippen molar-refractivity contribution in [2.24, 2.45) is 0 Å². The van der Waals surface area contributed by atoms with Crippen LogP contribution in [0.1, 0.15) is 48.2 Å². The SMILES string of the molecule is O=C(NCc1ccc(Cl)cc1)c1cnc(NCCC2=CCCCC2)cn1. The zero-order valence-electron chi connectivity index (χ0n) is 14.7. The van der Waals surface area contributed by atoms with E-state index < -0.39 is 0 Å². The van der Waals surface area contributed by atoms with Gasteiger partial charge in [-0.3, -0.25) is 4.79 Å². The third-order valence-corrected chi connectivity index (χ3v) is 4.64. The van der Waals surface area contributed by atoms with Gasteiger partial charge in [0.2, 0.25) is 0 Å². The molecule has 0 saturated heterocycles. The van der Waals surface area contributed by atoms with Crippen molar-refractivity contribution in [3.63, 3.8) is 0 Å². The molecule has 2 N–H and O–H groups in total. The van der Waals surface area contributed by atoms with Gasteiger partial charge in [-0.15, -0.1) is 0 Å². The van der Waals surface area contributed by atoms with Crippen molar-refractivity contribution in [1.29, 1.82) is 0 Å². The van der Waals surface area contributed by atoms with Crippen molar-refractivity contribution >= 4 is 23.3 Å². The molecule has 136 valence electrons. The van der Waals surface area contributed by atoms with Gasteiger partial charge in [0.1, 0.15) is 11.5 Å². The number of rotatable bonds is 7. The van der Waals surface area contributed by atoms with Gasteiger partial charge in [0, 0.05) is 18.1 Å². The molecular weight excluding hydrogens is 348 g/mol. The van der Waals surface area contributed by atoms with E-state index in [1.807, 2.05) is 12.1 Å². The molecule has 0 bridgehead atoms. The number of benzene rings is 1. The van der Waals surface area contributed by atoms with Gasteiger partial charge in [-0.05, 0) is 49.8 Å². The number of allylic oxidation sites excluding steroid dienone is 1. The molecule has 1 aliphatic carbocycles. The second-order valence-electron chi connectivity index (χ2n) is 6.38. The summed E-state index contributed by atoms with van der Waals surface area (Å²) < 4.78 is 0. The lowest BCUT2D eigenvalue weighted by Gasteiger charge is -2.13. The van der Waals surface area contributed by atoms with E-state index in [0.29, 0.717) is 23.1 Å². The first-order valence-corrected chi connectivity index (χ1v) is 9.35. The molecule has 1 aromatic heterocycles. The minimum absolute atomic E-state index is 0.244. The van der Waals surface area contributed by atoms with Crippen LogP contribution in [0.25, 0.3) is 0 Å². The molecule has 1 aromatic carbocycles. The molecule has 0 unspecified atom stereocenters. The number of carbonyl (C=O) groups excluding carboxylic acids is 1. The minimum Gasteiger partial charge on any atom is -0.368 e. The Bertz CT molecular complexity index is 756. The van der Waals surface area contributed by atoms with Crippen molar-refractivity contribution in [1.82, 2.24) is 15.3 Å². The van der Waals surface area contributed by atoms with E-state index in [9.17, 15) is 4.79 Å². The summed E-state index contributed by atoms with van der Waals surface area (Å²) in [6, 6.07) is 7.35. The van der Waals surface area contributed by atoms with Gasteiger partial charge < -0.3 is 10.6 Å². The molecule has 6 heteroatoms. The third kappa shape index (κ3) is 5.56. The van der Waals surface area contributed by atoms with Crippen LogP contribution in [-0.4, -0.2) is 22.4 Å². The first-order valence-electron chi connectivity index (χ1n) is 8.97. The van der Waals surface area contributed by atoms with Crippen molar-refractivity contribution in [2.45, 2.75) is 38.6 Å². The van der Waals surface area contributed by atoms with Gasteiger partial charge in [0.25, 0.3) is 5.91 Å². The second-order valence-corrected chi connectivity index (χ2v) is 6.82. The number of hydrogen-bond donors (Lipinski definition) is 2. The van der Waals surface area contributed by atoms with Crippen LogP contribution in [0.15, 0.2) is 48.3 Å². The van der Waals surface area contributed by atoms with E-state index in [0.717, 1.165) is 18.5 Å². The highest BCUT2D eigenvalue weighted by Crippen LogP contribution is 2.19. The van der Waals surface area contributed by atoms with Crippen LogP contribution >= 0.6 is 11.6 Å². The summed E-state index contributed by atoms with van der Waals surface area (Å²) in [6.07, 6.45) is 11.5. The summed E-state index contributed by atoms with van der Waals surface area (Å²) in [5.74, 6) is 0.446. The highest BCUT2D eigenvalue weighted by molar-refractivity contribution is 6.30. The summed E-state index contributed by atoms with van der Waals surface area (Å²) in [6.45, 7) is 1.26. The Kier molecular flexibility index (Phi) is 6.61. The fourth-order valence-corrected chi connectivity index (χ4v) is 3.02. The molecule has 2 aromatic rings. The molecule has 1 heterocycles. The summed E-state index contributed by atoms with van der Waals surface area (Å²) in [5.41, 5.74) is 2.81. The van der Waals surface area contributed by atoms with E-state index in [4.69, 9.17) is 11.6 Å². The topological polar surface area (TPSA) is 66.9 Å². The number of halogens is 1. The fraction of sp³-hybridized carbons (Fsp3) is 0.350. The molecule has 0 saturated carbocycles. The highest BCUT2D eigenvalue weighted by Gasteiger charge is 2.08. The maximum atomic E-state index is 12.1. The Balaban J connectivity index is 1.44. The van der Waals surface area contributed by atoms with Crippen LogP contribution in [0.5, 0.6) is 0 Å². The number of nitrogens with zero attached hydrogens (tertiary/aromatic N) is 2. The van der Waals surface area contributed by atoms with Gasteiger partial charge in [-0.25, -0.2) is 9.97 Å². The molecule has 3 rings (SSSR count). The molecule has 1 amide bonds. The molecule has 0 atom stereocenters. The summed E-state index contributed by atoms with van der Waals surface area (Å²) in [7, 11) is 0. The Morgan fingerprint density at radius 3 is 2.65 bits per heavy atom. The smallest absolute Gasteiger partial charge is 0.271 e. The highest BCUT2D eigenvalue weighted by atomic mass is 35.5. The average molecular weight is 371 g/mol. The van der Waals surface area contributed by atoms with Crippen LogP contribution in [0.3, 0.4) is 0 Å². The van der Waals surface area contributed by atoms with Crippen LogP contribution in [0.2, 0.25) is 5.02 Å². The largest absolute Gasteiger partial charge is 0.368 e. The normalized spacial score (nSPS) is 13.8. The van der Waals surface area contributed by atoms with Gasteiger partial charge in [0.05, 0.1) is 12.4 Å². The van der Waals surface area contributed by atoms with Crippen molar-refractivity contribution in [3.8, 4) is 0 Å². The Morgan fingerprint density at radius 2 is 1.96 bits per heavy atom. The minimum atomic E-state index is -0.244. The standard InChI is InChI=1S/C20H23ClN4O/c21-17-8-6-16(7-9-17)12-25-20(26)18-13-24-19(14-23-18)22-11-10-15-4-2-1-3-5-15/h4,6-9,13-14H,1-3,5,10-12H2,(H,22,24)(H,25,26). The predicted molar refractivity (Wildman–Crippen MR) is 104 cm³/mol. The number of nitrogens with one attached hydrogen (secondary N) is 2. The molecular formula is C20H23ClN4O. The Hall–Kier alpha value is -2.40. The summed E-state index contributed by atoms with van der Waals surface area (Å²) >= 11 is 5.85. The van der Waals surface area contributed by atoms with Gasteiger partial charge in [-0.2, -0.15) is 0 Å². The molecule has 5 nitrogen and oxygen atoms in total. The Labute approximate surface area is 158 Å².